The zero-order chi connectivity index (χ0) is 11.2. The lowest BCUT2D eigenvalue weighted by molar-refractivity contribution is 0.0672. The summed E-state index contributed by atoms with van der Waals surface area (Å²) >= 11 is 0. The Labute approximate surface area is 98.3 Å². The standard InChI is InChI=1S/C12H24N2O2/c1-15-9-7-14(12-2-3-12)6-4-11-10-16-8-5-13-11/h11-13H,2-10H2,1H3. The Balaban J connectivity index is 1.64. The minimum Gasteiger partial charge on any atom is -0.383 e. The number of ether oxygens (including phenoxy) is 2. The molecule has 0 aromatic carbocycles. The molecule has 2 fully saturated rings. The van der Waals surface area contributed by atoms with E-state index in [0.29, 0.717) is 6.04 Å². The molecule has 2 aliphatic rings. The predicted octanol–water partition coefficient (Wildman–Crippen LogP) is 0.476. The summed E-state index contributed by atoms with van der Waals surface area (Å²) in [4.78, 5) is 2.57. The van der Waals surface area contributed by atoms with Crippen LogP contribution in [0.5, 0.6) is 0 Å². The topological polar surface area (TPSA) is 33.7 Å². The van der Waals surface area contributed by atoms with Gasteiger partial charge in [-0.15, -0.1) is 0 Å². The fourth-order valence-electron chi connectivity index (χ4n) is 2.25. The zero-order valence-corrected chi connectivity index (χ0v) is 10.3. The molecule has 16 heavy (non-hydrogen) atoms. The Morgan fingerprint density at radius 3 is 2.88 bits per heavy atom. The lowest BCUT2D eigenvalue weighted by Crippen LogP contribution is -2.43. The fourth-order valence-corrected chi connectivity index (χ4v) is 2.25. The van der Waals surface area contributed by atoms with E-state index in [2.05, 4.69) is 10.2 Å². The van der Waals surface area contributed by atoms with Gasteiger partial charge in [-0.05, 0) is 19.3 Å². The number of methoxy groups -OCH3 is 1. The summed E-state index contributed by atoms with van der Waals surface area (Å²) in [7, 11) is 1.78. The van der Waals surface area contributed by atoms with Gasteiger partial charge in [0, 0.05) is 38.8 Å². The van der Waals surface area contributed by atoms with Gasteiger partial charge in [-0.2, -0.15) is 0 Å². The van der Waals surface area contributed by atoms with Crippen molar-refractivity contribution in [3.05, 3.63) is 0 Å². The third-order valence-corrected chi connectivity index (χ3v) is 3.41. The molecule has 4 heteroatoms. The van der Waals surface area contributed by atoms with Crippen molar-refractivity contribution in [1.82, 2.24) is 10.2 Å². The van der Waals surface area contributed by atoms with Gasteiger partial charge >= 0.3 is 0 Å². The SMILES string of the molecule is COCCN(CCC1COCCN1)C1CC1. The molecule has 0 aromatic heterocycles. The van der Waals surface area contributed by atoms with E-state index in [4.69, 9.17) is 9.47 Å². The van der Waals surface area contributed by atoms with Crippen LogP contribution in [-0.2, 0) is 9.47 Å². The van der Waals surface area contributed by atoms with Gasteiger partial charge in [0.1, 0.15) is 0 Å². The summed E-state index contributed by atoms with van der Waals surface area (Å²) in [5, 5.41) is 3.51. The molecule has 1 aliphatic carbocycles. The smallest absolute Gasteiger partial charge is 0.0620 e. The number of nitrogens with zero attached hydrogens (tertiary/aromatic N) is 1. The third-order valence-electron chi connectivity index (χ3n) is 3.41. The number of nitrogens with one attached hydrogen (secondary N) is 1. The molecule has 1 heterocycles. The van der Waals surface area contributed by atoms with E-state index in [0.717, 1.165) is 39.0 Å². The van der Waals surface area contributed by atoms with E-state index in [-0.39, 0.29) is 0 Å². The van der Waals surface area contributed by atoms with E-state index in [1.807, 2.05) is 0 Å². The first-order valence-electron chi connectivity index (χ1n) is 6.44. The molecule has 1 saturated carbocycles. The van der Waals surface area contributed by atoms with E-state index >= 15 is 0 Å². The highest BCUT2D eigenvalue weighted by Gasteiger charge is 2.28. The number of morpholine rings is 1. The van der Waals surface area contributed by atoms with E-state index in [1.165, 1.54) is 25.8 Å². The maximum Gasteiger partial charge on any atom is 0.0620 e. The Morgan fingerprint density at radius 2 is 2.25 bits per heavy atom. The number of rotatable bonds is 7. The van der Waals surface area contributed by atoms with Gasteiger partial charge in [0.2, 0.25) is 0 Å². The quantitative estimate of drug-likeness (QED) is 0.687. The van der Waals surface area contributed by atoms with Crippen LogP contribution in [0.15, 0.2) is 0 Å². The van der Waals surface area contributed by atoms with Crippen molar-refractivity contribution in [2.24, 2.45) is 0 Å². The van der Waals surface area contributed by atoms with Crippen LogP contribution in [0.25, 0.3) is 0 Å². The molecular weight excluding hydrogens is 204 g/mol. The van der Waals surface area contributed by atoms with Crippen molar-refractivity contribution in [2.45, 2.75) is 31.3 Å². The van der Waals surface area contributed by atoms with E-state index in [9.17, 15) is 0 Å². The lowest BCUT2D eigenvalue weighted by Gasteiger charge is -2.27. The van der Waals surface area contributed by atoms with Crippen LogP contribution in [0.2, 0.25) is 0 Å². The molecule has 1 unspecified atom stereocenters. The maximum atomic E-state index is 5.47. The van der Waals surface area contributed by atoms with Crippen molar-refractivity contribution in [3.8, 4) is 0 Å². The van der Waals surface area contributed by atoms with Gasteiger partial charge in [0.25, 0.3) is 0 Å². The molecule has 0 amide bonds. The summed E-state index contributed by atoms with van der Waals surface area (Å²) in [6.07, 6.45) is 3.94. The minimum absolute atomic E-state index is 0.553. The van der Waals surface area contributed by atoms with Gasteiger partial charge in [-0.3, -0.25) is 4.90 Å². The maximum absolute atomic E-state index is 5.47. The average Bonchev–Trinajstić information content (AvgIpc) is 3.15. The number of hydrogen-bond acceptors (Lipinski definition) is 4. The van der Waals surface area contributed by atoms with Crippen LogP contribution in [0.4, 0.5) is 0 Å². The molecule has 0 spiro atoms. The normalized spacial score (nSPS) is 26.2. The molecular formula is C12H24N2O2. The van der Waals surface area contributed by atoms with Crippen LogP contribution in [0.1, 0.15) is 19.3 Å². The third kappa shape index (κ3) is 4.01. The van der Waals surface area contributed by atoms with Crippen molar-refractivity contribution in [2.75, 3.05) is 46.6 Å². The predicted molar refractivity (Wildman–Crippen MR) is 63.7 cm³/mol. The first kappa shape index (κ1) is 12.3. The molecule has 94 valence electrons. The Morgan fingerprint density at radius 1 is 1.38 bits per heavy atom. The highest BCUT2D eigenvalue weighted by Crippen LogP contribution is 2.26. The number of hydrogen-bond donors (Lipinski definition) is 1. The van der Waals surface area contributed by atoms with Crippen LogP contribution < -0.4 is 5.32 Å². The molecule has 2 rings (SSSR count). The van der Waals surface area contributed by atoms with Crippen molar-refractivity contribution in [3.63, 3.8) is 0 Å². The molecule has 1 atom stereocenters. The van der Waals surface area contributed by atoms with E-state index < -0.39 is 0 Å². The van der Waals surface area contributed by atoms with Crippen LogP contribution >= 0.6 is 0 Å². The van der Waals surface area contributed by atoms with Crippen molar-refractivity contribution in [1.29, 1.82) is 0 Å². The Hall–Kier alpha value is -0.160. The Kier molecular flexibility index (Phi) is 5.03. The summed E-state index contributed by atoms with van der Waals surface area (Å²) in [5.74, 6) is 0. The molecule has 1 N–H and O–H groups in total. The molecule has 1 saturated heterocycles. The zero-order valence-electron chi connectivity index (χ0n) is 10.3. The molecule has 0 bridgehead atoms. The second kappa shape index (κ2) is 6.55. The van der Waals surface area contributed by atoms with Crippen LogP contribution in [0, 0.1) is 0 Å². The van der Waals surface area contributed by atoms with E-state index in [1.54, 1.807) is 7.11 Å². The van der Waals surface area contributed by atoms with Gasteiger partial charge in [-0.1, -0.05) is 0 Å². The van der Waals surface area contributed by atoms with Crippen molar-refractivity contribution < 1.29 is 9.47 Å². The molecule has 4 nitrogen and oxygen atoms in total. The van der Waals surface area contributed by atoms with Gasteiger partial charge in [0.15, 0.2) is 0 Å². The summed E-state index contributed by atoms with van der Waals surface area (Å²) in [6, 6.07) is 1.39. The fraction of sp³-hybridized carbons (Fsp3) is 1.00. The van der Waals surface area contributed by atoms with Crippen LogP contribution in [0.3, 0.4) is 0 Å². The van der Waals surface area contributed by atoms with Gasteiger partial charge < -0.3 is 14.8 Å². The summed E-state index contributed by atoms with van der Waals surface area (Å²) in [5.41, 5.74) is 0. The van der Waals surface area contributed by atoms with Crippen molar-refractivity contribution >= 4 is 0 Å². The largest absolute Gasteiger partial charge is 0.383 e. The molecule has 0 radical (unpaired) electrons. The average molecular weight is 228 g/mol. The molecule has 1 aliphatic heterocycles. The minimum atomic E-state index is 0.553. The first-order valence-corrected chi connectivity index (χ1v) is 6.44. The van der Waals surface area contributed by atoms with Gasteiger partial charge in [-0.25, -0.2) is 0 Å². The summed E-state index contributed by atoms with van der Waals surface area (Å²) in [6.45, 7) is 5.86. The second-order valence-electron chi connectivity index (χ2n) is 4.77. The first-order chi connectivity index (χ1) is 7.90. The second-order valence-corrected chi connectivity index (χ2v) is 4.77. The Bertz CT molecular complexity index is 191. The van der Waals surface area contributed by atoms with Crippen LogP contribution in [-0.4, -0.2) is 63.5 Å². The summed E-state index contributed by atoms with van der Waals surface area (Å²) < 4.78 is 10.6. The monoisotopic (exact) mass is 228 g/mol. The lowest BCUT2D eigenvalue weighted by atomic mass is 10.2. The highest BCUT2D eigenvalue weighted by atomic mass is 16.5. The van der Waals surface area contributed by atoms with Gasteiger partial charge in [0.05, 0.1) is 19.8 Å². The highest BCUT2D eigenvalue weighted by molar-refractivity contribution is 4.85. The molecule has 0 aromatic rings.